The summed E-state index contributed by atoms with van der Waals surface area (Å²) in [4.78, 5) is 2.28. The van der Waals surface area contributed by atoms with Crippen molar-refractivity contribution in [3.05, 3.63) is 46.7 Å². The van der Waals surface area contributed by atoms with Crippen LogP contribution in [0.3, 0.4) is 0 Å². The second kappa shape index (κ2) is 9.99. The lowest BCUT2D eigenvalue weighted by Crippen LogP contribution is -2.49. The predicted octanol–water partition coefficient (Wildman–Crippen LogP) is 4.01. The van der Waals surface area contributed by atoms with Crippen LogP contribution in [0, 0.1) is 45.3 Å². The van der Waals surface area contributed by atoms with Crippen LogP contribution in [-0.4, -0.2) is 37.2 Å². The molecule has 0 spiro atoms. The molecule has 0 fully saturated rings. The maximum atomic E-state index is 10.3. The summed E-state index contributed by atoms with van der Waals surface area (Å²) in [6.07, 6.45) is 2.88. The van der Waals surface area contributed by atoms with Crippen LogP contribution in [0.15, 0.2) is 41.1 Å². The molecule has 0 bridgehead atoms. The minimum absolute atomic E-state index is 0.0322. The van der Waals surface area contributed by atoms with Crippen LogP contribution in [0.1, 0.15) is 45.6 Å². The number of hydrogen-bond acceptors (Lipinski definition) is 7. The molecule has 172 valence electrons. The average Bonchev–Trinajstić information content (AvgIpc) is 2.82. The number of allylic oxidation sites excluding steroid dienone is 2. The van der Waals surface area contributed by atoms with Gasteiger partial charge >= 0.3 is 0 Å². The summed E-state index contributed by atoms with van der Waals surface area (Å²) in [6.45, 7) is 10.5. The number of nitrogens with zero attached hydrogens (tertiary/aromatic N) is 4. The second-order valence-corrected chi connectivity index (χ2v) is 8.71. The lowest BCUT2D eigenvalue weighted by atomic mass is 9.58. The van der Waals surface area contributed by atoms with Crippen molar-refractivity contribution in [1.29, 1.82) is 15.8 Å². The molecule has 2 N–H and O–H groups in total. The van der Waals surface area contributed by atoms with Gasteiger partial charge in [-0.05, 0) is 50.5 Å². The van der Waals surface area contributed by atoms with E-state index in [4.69, 9.17) is 15.2 Å². The fourth-order valence-corrected chi connectivity index (χ4v) is 4.82. The molecule has 7 nitrogen and oxygen atoms in total. The van der Waals surface area contributed by atoms with Crippen molar-refractivity contribution >= 4 is 0 Å². The van der Waals surface area contributed by atoms with Gasteiger partial charge in [0.25, 0.3) is 0 Å². The molecule has 0 saturated carbocycles. The van der Waals surface area contributed by atoms with Gasteiger partial charge in [0.1, 0.15) is 6.07 Å². The second-order valence-electron chi connectivity index (χ2n) is 8.71. The Bertz CT molecular complexity index is 1070. The SMILES string of the molecule is CCCOc1ccc(C2C3CN(C(C)C)CC=C3C(C#N)=C(N)C2(C#N)C#N)cc1OCC. The fraction of sp³-hybridized carbons (Fsp3) is 0.500. The van der Waals surface area contributed by atoms with Crippen molar-refractivity contribution in [1.82, 2.24) is 4.90 Å². The van der Waals surface area contributed by atoms with Crippen LogP contribution < -0.4 is 15.2 Å². The fourth-order valence-electron chi connectivity index (χ4n) is 4.82. The first-order chi connectivity index (χ1) is 15.9. The van der Waals surface area contributed by atoms with Gasteiger partial charge < -0.3 is 15.2 Å². The first kappa shape index (κ1) is 24.2. The number of rotatable bonds is 7. The highest BCUT2D eigenvalue weighted by atomic mass is 16.5. The van der Waals surface area contributed by atoms with Crippen molar-refractivity contribution in [2.24, 2.45) is 17.1 Å². The Morgan fingerprint density at radius 3 is 2.45 bits per heavy atom. The third-order valence-corrected chi connectivity index (χ3v) is 6.51. The Labute approximate surface area is 196 Å². The number of ether oxygens (including phenoxy) is 2. The van der Waals surface area contributed by atoms with Gasteiger partial charge in [0, 0.05) is 31.0 Å². The van der Waals surface area contributed by atoms with Gasteiger partial charge in [0.2, 0.25) is 0 Å². The predicted molar refractivity (Wildman–Crippen MR) is 125 cm³/mol. The number of nitriles is 3. The summed E-state index contributed by atoms with van der Waals surface area (Å²) < 4.78 is 11.7. The van der Waals surface area contributed by atoms with Crippen LogP contribution in [0.4, 0.5) is 0 Å². The Kier molecular flexibility index (Phi) is 7.32. The zero-order chi connectivity index (χ0) is 24.2. The first-order valence-corrected chi connectivity index (χ1v) is 11.4. The summed E-state index contributed by atoms with van der Waals surface area (Å²) in [5.74, 6) is 0.405. The third-order valence-electron chi connectivity index (χ3n) is 6.51. The Morgan fingerprint density at radius 1 is 1.15 bits per heavy atom. The molecule has 1 aromatic rings. The Hall–Kier alpha value is -3.47. The molecule has 0 saturated heterocycles. The van der Waals surface area contributed by atoms with Gasteiger partial charge in [-0.3, -0.25) is 4.90 Å². The van der Waals surface area contributed by atoms with Gasteiger partial charge in [-0.15, -0.1) is 0 Å². The molecule has 0 aromatic heterocycles. The van der Waals surface area contributed by atoms with E-state index in [2.05, 4.69) is 37.0 Å². The summed E-state index contributed by atoms with van der Waals surface area (Å²) in [5, 5.41) is 30.5. The summed E-state index contributed by atoms with van der Waals surface area (Å²) >= 11 is 0. The molecule has 7 heteroatoms. The van der Waals surface area contributed by atoms with Crippen LogP contribution in [0.2, 0.25) is 0 Å². The van der Waals surface area contributed by atoms with Crippen molar-refractivity contribution in [2.45, 2.75) is 46.1 Å². The monoisotopic (exact) mass is 445 g/mol. The maximum absolute atomic E-state index is 10.3. The molecule has 2 atom stereocenters. The molecular formula is C26H31N5O2. The summed E-state index contributed by atoms with van der Waals surface area (Å²) in [7, 11) is 0. The Morgan fingerprint density at radius 2 is 1.88 bits per heavy atom. The molecule has 2 unspecified atom stereocenters. The van der Waals surface area contributed by atoms with Gasteiger partial charge in [0.05, 0.1) is 36.6 Å². The van der Waals surface area contributed by atoms with E-state index in [0.29, 0.717) is 37.8 Å². The van der Waals surface area contributed by atoms with E-state index in [1.807, 2.05) is 38.1 Å². The van der Waals surface area contributed by atoms with E-state index in [1.54, 1.807) is 0 Å². The van der Waals surface area contributed by atoms with Gasteiger partial charge in [-0.25, -0.2) is 0 Å². The summed E-state index contributed by atoms with van der Waals surface area (Å²) in [6, 6.07) is 12.4. The third kappa shape index (κ3) is 4.15. The number of hydrogen-bond donors (Lipinski definition) is 1. The largest absolute Gasteiger partial charge is 0.490 e. The molecule has 3 rings (SSSR count). The molecule has 1 aromatic carbocycles. The average molecular weight is 446 g/mol. The van der Waals surface area contributed by atoms with Crippen molar-refractivity contribution in [3.8, 4) is 29.7 Å². The highest BCUT2D eigenvalue weighted by Gasteiger charge is 2.54. The molecule has 2 aliphatic rings. The van der Waals surface area contributed by atoms with Gasteiger partial charge in [-0.1, -0.05) is 19.1 Å². The quantitative estimate of drug-likeness (QED) is 0.673. The van der Waals surface area contributed by atoms with E-state index < -0.39 is 11.3 Å². The molecule has 0 amide bonds. The maximum Gasteiger partial charge on any atom is 0.191 e. The van der Waals surface area contributed by atoms with Crippen LogP contribution in [0.5, 0.6) is 11.5 Å². The molecule has 1 heterocycles. The first-order valence-electron chi connectivity index (χ1n) is 11.4. The minimum Gasteiger partial charge on any atom is -0.490 e. The van der Waals surface area contributed by atoms with Crippen LogP contribution in [0.25, 0.3) is 0 Å². The van der Waals surface area contributed by atoms with Gasteiger partial charge in [0.15, 0.2) is 16.9 Å². The minimum atomic E-state index is -1.66. The number of benzene rings is 1. The van der Waals surface area contributed by atoms with E-state index in [1.165, 1.54) is 0 Å². The molecule has 1 aliphatic carbocycles. The zero-order valence-corrected chi connectivity index (χ0v) is 19.8. The van der Waals surface area contributed by atoms with E-state index in [-0.39, 0.29) is 23.2 Å². The summed E-state index contributed by atoms with van der Waals surface area (Å²) in [5.41, 5.74) is 6.63. The lowest BCUT2D eigenvalue weighted by molar-refractivity contribution is 0.174. The van der Waals surface area contributed by atoms with Crippen molar-refractivity contribution < 1.29 is 9.47 Å². The molecule has 33 heavy (non-hydrogen) atoms. The zero-order valence-electron chi connectivity index (χ0n) is 19.8. The van der Waals surface area contributed by atoms with E-state index in [9.17, 15) is 15.8 Å². The smallest absolute Gasteiger partial charge is 0.191 e. The molecule has 1 aliphatic heterocycles. The number of fused-ring (bicyclic) bond motifs is 1. The topological polar surface area (TPSA) is 119 Å². The molecular weight excluding hydrogens is 414 g/mol. The lowest BCUT2D eigenvalue weighted by Gasteiger charge is -2.46. The van der Waals surface area contributed by atoms with Crippen LogP contribution >= 0.6 is 0 Å². The van der Waals surface area contributed by atoms with E-state index in [0.717, 1.165) is 17.6 Å². The van der Waals surface area contributed by atoms with Crippen LogP contribution in [-0.2, 0) is 0 Å². The van der Waals surface area contributed by atoms with Crippen molar-refractivity contribution in [2.75, 3.05) is 26.3 Å². The normalized spacial score (nSPS) is 21.9. The standard InChI is InChI=1S/C26H31N5O2/c1-5-11-33-22-8-7-18(12-23(22)32-6-2)24-21-14-31(17(3)4)10-9-19(21)20(13-27)25(30)26(24,15-28)16-29/h7-9,12,17,21,24H,5-6,10-11,14,30H2,1-4H3. The Balaban J connectivity index is 2.24. The van der Waals surface area contributed by atoms with Crippen molar-refractivity contribution in [3.63, 3.8) is 0 Å². The highest BCUT2D eigenvalue weighted by molar-refractivity contribution is 5.60. The number of nitrogens with two attached hydrogens (primary N) is 1. The molecule has 0 radical (unpaired) electrons. The highest BCUT2D eigenvalue weighted by Crippen LogP contribution is 2.55. The van der Waals surface area contributed by atoms with E-state index >= 15 is 0 Å². The van der Waals surface area contributed by atoms with Gasteiger partial charge in [-0.2, -0.15) is 15.8 Å².